The molecule has 2 aromatic heterocycles. The molecule has 8 nitrogen and oxygen atoms in total. The van der Waals surface area contributed by atoms with Crippen molar-refractivity contribution >= 4 is 26.5 Å². The van der Waals surface area contributed by atoms with Gasteiger partial charge in [0.1, 0.15) is 6.26 Å². The molecule has 0 aliphatic rings. The normalized spacial score (nSPS) is 11.8. The van der Waals surface area contributed by atoms with Gasteiger partial charge in [0.05, 0.1) is 12.2 Å². The van der Waals surface area contributed by atoms with Gasteiger partial charge in [-0.1, -0.05) is 16.5 Å². The Hall–Kier alpha value is -1.52. The number of sulfonamides is 1. The maximum atomic E-state index is 11.6. The molecule has 2 aromatic rings. The number of nitrogens with zero attached hydrogens (tertiary/aromatic N) is 3. The summed E-state index contributed by atoms with van der Waals surface area (Å²) >= 11 is 0.793. The van der Waals surface area contributed by atoms with E-state index in [0.717, 1.165) is 11.3 Å². The van der Waals surface area contributed by atoms with E-state index < -0.39 is 10.0 Å². The zero-order valence-electron chi connectivity index (χ0n) is 7.82. The minimum atomic E-state index is -3.68. The summed E-state index contributed by atoms with van der Waals surface area (Å²) in [5, 5.41) is 10.5. The van der Waals surface area contributed by atoms with Crippen LogP contribution in [0.25, 0.3) is 0 Å². The predicted octanol–water partition coefficient (Wildman–Crippen LogP) is -0.413. The Balaban J connectivity index is 2.09. The molecular formula is C6H7N5O3S2. The van der Waals surface area contributed by atoms with Gasteiger partial charge in [-0.15, -0.1) is 10.2 Å². The zero-order chi connectivity index (χ0) is 11.6. The van der Waals surface area contributed by atoms with Gasteiger partial charge in [0.15, 0.2) is 0 Å². The first-order valence-electron chi connectivity index (χ1n) is 4.06. The SMILES string of the molecule is Nc1nnc(S(=O)(=O)NCc2ccon2)s1. The summed E-state index contributed by atoms with van der Waals surface area (Å²) in [5.74, 6) is 0. The number of rotatable bonds is 4. The number of aromatic nitrogens is 3. The average Bonchev–Trinajstić information content (AvgIpc) is 2.85. The molecule has 0 amide bonds. The summed E-state index contributed by atoms with van der Waals surface area (Å²) < 4.78 is 29.9. The highest BCUT2D eigenvalue weighted by Gasteiger charge is 2.19. The number of nitrogen functional groups attached to an aromatic ring is 1. The molecule has 3 N–H and O–H groups in total. The highest BCUT2D eigenvalue weighted by molar-refractivity contribution is 7.91. The smallest absolute Gasteiger partial charge is 0.270 e. The monoisotopic (exact) mass is 261 g/mol. The summed E-state index contributed by atoms with van der Waals surface area (Å²) in [6, 6.07) is 1.55. The Morgan fingerprint density at radius 2 is 2.31 bits per heavy atom. The third-order valence-corrected chi connectivity index (χ3v) is 4.11. The molecule has 2 rings (SSSR count). The molecule has 0 bridgehead atoms. The Bertz CT molecular complexity index is 561. The molecule has 0 unspecified atom stereocenters. The van der Waals surface area contributed by atoms with Crippen LogP contribution in [0.5, 0.6) is 0 Å². The molecule has 0 fully saturated rings. The van der Waals surface area contributed by atoms with Crippen molar-refractivity contribution in [3.63, 3.8) is 0 Å². The van der Waals surface area contributed by atoms with Crippen LogP contribution in [0.1, 0.15) is 5.69 Å². The lowest BCUT2D eigenvalue weighted by atomic mass is 10.5. The molecule has 0 atom stereocenters. The highest BCUT2D eigenvalue weighted by Crippen LogP contribution is 2.16. The van der Waals surface area contributed by atoms with Crippen molar-refractivity contribution in [1.82, 2.24) is 20.1 Å². The minimum absolute atomic E-state index is 0.0261. The van der Waals surface area contributed by atoms with Gasteiger partial charge in [-0.05, 0) is 0 Å². The van der Waals surface area contributed by atoms with Crippen molar-refractivity contribution < 1.29 is 12.9 Å². The molecular weight excluding hydrogens is 254 g/mol. The maximum Gasteiger partial charge on any atom is 0.270 e. The number of hydrogen-bond acceptors (Lipinski definition) is 8. The first kappa shape index (κ1) is 11.0. The zero-order valence-corrected chi connectivity index (χ0v) is 9.46. The van der Waals surface area contributed by atoms with Crippen molar-refractivity contribution in [2.45, 2.75) is 10.9 Å². The highest BCUT2D eigenvalue weighted by atomic mass is 32.2. The van der Waals surface area contributed by atoms with Crippen molar-refractivity contribution in [2.75, 3.05) is 5.73 Å². The second-order valence-electron chi connectivity index (χ2n) is 2.72. The fourth-order valence-corrected chi connectivity index (χ4v) is 2.71. The fraction of sp³-hybridized carbons (Fsp3) is 0.167. The standard InChI is InChI=1S/C6H7N5O3S2/c7-5-9-10-6(15-5)16(12,13)8-3-4-1-2-14-11-4/h1-2,8H,3H2,(H2,7,9). The quantitative estimate of drug-likeness (QED) is 0.766. The summed E-state index contributed by atoms with van der Waals surface area (Å²) in [7, 11) is -3.68. The topological polar surface area (TPSA) is 124 Å². The Labute approximate surface area is 94.5 Å². The van der Waals surface area contributed by atoms with Crippen molar-refractivity contribution in [1.29, 1.82) is 0 Å². The number of nitrogens with one attached hydrogen (secondary N) is 1. The molecule has 2 heterocycles. The van der Waals surface area contributed by atoms with E-state index in [1.165, 1.54) is 6.26 Å². The fourth-order valence-electron chi connectivity index (χ4n) is 0.888. The second-order valence-corrected chi connectivity index (χ2v) is 5.67. The van der Waals surface area contributed by atoms with E-state index in [4.69, 9.17) is 5.73 Å². The van der Waals surface area contributed by atoms with Crippen LogP contribution >= 0.6 is 11.3 Å². The first-order valence-corrected chi connectivity index (χ1v) is 6.36. The third-order valence-electron chi connectivity index (χ3n) is 1.59. The molecule has 0 aliphatic carbocycles. The lowest BCUT2D eigenvalue weighted by molar-refractivity contribution is 0.411. The van der Waals surface area contributed by atoms with Gasteiger partial charge < -0.3 is 10.3 Å². The van der Waals surface area contributed by atoms with Gasteiger partial charge in [0.2, 0.25) is 9.47 Å². The Kier molecular flexibility index (Phi) is 2.85. The maximum absolute atomic E-state index is 11.6. The van der Waals surface area contributed by atoms with Crippen LogP contribution in [0.15, 0.2) is 21.2 Å². The largest absolute Gasteiger partial charge is 0.374 e. The molecule has 0 saturated carbocycles. The average molecular weight is 261 g/mol. The predicted molar refractivity (Wildman–Crippen MR) is 54.8 cm³/mol. The van der Waals surface area contributed by atoms with Crippen LogP contribution in [0.2, 0.25) is 0 Å². The van der Waals surface area contributed by atoms with Gasteiger partial charge >= 0.3 is 0 Å². The summed E-state index contributed by atoms with van der Waals surface area (Å²) in [6.07, 6.45) is 1.35. The van der Waals surface area contributed by atoms with Crippen LogP contribution in [0.3, 0.4) is 0 Å². The summed E-state index contributed by atoms with van der Waals surface area (Å²) in [4.78, 5) is 0. The van der Waals surface area contributed by atoms with E-state index in [1.807, 2.05) is 0 Å². The number of anilines is 1. The van der Waals surface area contributed by atoms with E-state index in [-0.39, 0.29) is 16.0 Å². The van der Waals surface area contributed by atoms with E-state index in [1.54, 1.807) is 6.07 Å². The molecule has 10 heteroatoms. The lowest BCUT2D eigenvalue weighted by Gasteiger charge is -1.99. The van der Waals surface area contributed by atoms with Gasteiger partial charge in [0, 0.05) is 6.07 Å². The van der Waals surface area contributed by atoms with E-state index >= 15 is 0 Å². The van der Waals surface area contributed by atoms with E-state index in [0.29, 0.717) is 5.69 Å². The van der Waals surface area contributed by atoms with Gasteiger partial charge in [-0.25, -0.2) is 13.1 Å². The summed E-state index contributed by atoms with van der Waals surface area (Å²) in [6.45, 7) is 0.0261. The van der Waals surface area contributed by atoms with Crippen molar-refractivity contribution in [3.05, 3.63) is 18.0 Å². The Morgan fingerprint density at radius 1 is 1.50 bits per heavy atom. The lowest BCUT2D eigenvalue weighted by Crippen LogP contribution is -2.23. The summed E-state index contributed by atoms with van der Waals surface area (Å²) in [5.41, 5.74) is 5.76. The van der Waals surface area contributed by atoms with E-state index in [9.17, 15) is 8.42 Å². The van der Waals surface area contributed by atoms with E-state index in [2.05, 4.69) is 24.6 Å². The second kappa shape index (κ2) is 4.15. The van der Waals surface area contributed by atoms with Crippen molar-refractivity contribution in [2.24, 2.45) is 0 Å². The van der Waals surface area contributed by atoms with Crippen LogP contribution in [-0.4, -0.2) is 23.8 Å². The molecule has 86 valence electrons. The van der Waals surface area contributed by atoms with Gasteiger partial charge in [-0.2, -0.15) is 0 Å². The Morgan fingerprint density at radius 3 is 2.88 bits per heavy atom. The first-order chi connectivity index (χ1) is 7.58. The molecule has 0 radical (unpaired) electrons. The van der Waals surface area contributed by atoms with Crippen molar-refractivity contribution in [3.8, 4) is 0 Å². The van der Waals surface area contributed by atoms with Crippen LogP contribution in [0.4, 0.5) is 5.13 Å². The number of nitrogens with two attached hydrogens (primary N) is 1. The van der Waals surface area contributed by atoms with Crippen LogP contribution < -0.4 is 10.5 Å². The van der Waals surface area contributed by atoms with Crippen LogP contribution in [0, 0.1) is 0 Å². The molecule has 0 saturated heterocycles. The van der Waals surface area contributed by atoms with Gasteiger partial charge in [-0.3, -0.25) is 0 Å². The molecule has 16 heavy (non-hydrogen) atoms. The molecule has 0 spiro atoms. The number of hydrogen-bond donors (Lipinski definition) is 2. The molecule has 0 aliphatic heterocycles. The van der Waals surface area contributed by atoms with Crippen LogP contribution in [-0.2, 0) is 16.6 Å². The third kappa shape index (κ3) is 2.35. The van der Waals surface area contributed by atoms with Gasteiger partial charge in [0.25, 0.3) is 10.0 Å². The molecule has 0 aromatic carbocycles. The minimum Gasteiger partial charge on any atom is -0.374 e.